The van der Waals surface area contributed by atoms with E-state index >= 15 is 0 Å². The average molecular weight is 573 g/mol. The lowest BCUT2D eigenvalue weighted by atomic mass is 9.82. The van der Waals surface area contributed by atoms with E-state index in [9.17, 15) is 9.59 Å². The molecule has 1 saturated carbocycles. The zero-order valence-electron chi connectivity index (χ0n) is 23.0. The molecule has 0 aliphatic heterocycles. The summed E-state index contributed by atoms with van der Waals surface area (Å²) in [5, 5.41) is 21.9. The Kier molecular flexibility index (Phi) is 10.1. The van der Waals surface area contributed by atoms with Crippen LogP contribution in [0, 0.1) is 16.7 Å². The van der Waals surface area contributed by atoms with Crippen LogP contribution in [0.2, 0.25) is 5.02 Å². The molecule has 0 bridgehead atoms. The first kappa shape index (κ1) is 29.8. The van der Waals surface area contributed by atoms with Crippen LogP contribution in [-0.4, -0.2) is 29.5 Å². The molecule has 41 heavy (non-hydrogen) atoms. The molecule has 1 fully saturated rings. The van der Waals surface area contributed by atoms with Gasteiger partial charge in [0.25, 0.3) is 0 Å². The molecule has 0 heterocycles. The zero-order valence-corrected chi connectivity index (χ0v) is 23.7. The number of nitrogens with one attached hydrogen (secondary N) is 4. The number of amidine groups is 2. The number of amides is 2. The van der Waals surface area contributed by atoms with Crippen molar-refractivity contribution < 1.29 is 9.59 Å². The van der Waals surface area contributed by atoms with Crippen LogP contribution in [-0.2, 0) is 22.6 Å². The lowest BCUT2D eigenvalue weighted by Crippen LogP contribution is -2.52. The van der Waals surface area contributed by atoms with Crippen molar-refractivity contribution in [3.63, 3.8) is 0 Å². The van der Waals surface area contributed by atoms with Gasteiger partial charge < -0.3 is 22.1 Å². The van der Waals surface area contributed by atoms with Gasteiger partial charge in [-0.05, 0) is 54.0 Å². The van der Waals surface area contributed by atoms with Gasteiger partial charge in [0.2, 0.25) is 11.8 Å². The number of benzene rings is 3. The summed E-state index contributed by atoms with van der Waals surface area (Å²) in [7, 11) is 0. The fraction of sp³-hybridized carbons (Fsp3) is 0.312. The SMILES string of the molecule is N=C(N)c1ccc(CNC(=O)[C@@H](NC(=O)C(Cc2ccc(C(=N)N)cc2)c2cccc(Cl)c2)C2CCCCC2)cc1. The van der Waals surface area contributed by atoms with Crippen LogP contribution in [0.25, 0.3) is 0 Å². The summed E-state index contributed by atoms with van der Waals surface area (Å²) in [6.45, 7) is 0.302. The van der Waals surface area contributed by atoms with E-state index in [4.69, 9.17) is 33.9 Å². The number of hydrogen-bond donors (Lipinski definition) is 6. The average Bonchev–Trinajstić information content (AvgIpc) is 2.98. The van der Waals surface area contributed by atoms with Gasteiger partial charge in [-0.25, -0.2) is 0 Å². The van der Waals surface area contributed by atoms with Crippen molar-refractivity contribution in [3.8, 4) is 0 Å². The second-order valence-corrected chi connectivity index (χ2v) is 11.1. The van der Waals surface area contributed by atoms with Crippen molar-refractivity contribution in [3.05, 3.63) is 106 Å². The minimum atomic E-state index is -0.666. The van der Waals surface area contributed by atoms with Crippen LogP contribution in [0.5, 0.6) is 0 Å². The Morgan fingerprint density at radius 1 is 0.829 bits per heavy atom. The summed E-state index contributed by atoms with van der Waals surface area (Å²) in [6.07, 6.45) is 5.32. The fourth-order valence-electron chi connectivity index (χ4n) is 5.36. The lowest BCUT2D eigenvalue weighted by Gasteiger charge is -2.31. The van der Waals surface area contributed by atoms with Gasteiger partial charge in [-0.15, -0.1) is 0 Å². The largest absolute Gasteiger partial charge is 0.384 e. The van der Waals surface area contributed by atoms with Gasteiger partial charge in [0, 0.05) is 22.7 Å². The van der Waals surface area contributed by atoms with E-state index in [1.807, 2.05) is 36.4 Å². The highest BCUT2D eigenvalue weighted by Gasteiger charge is 2.33. The molecule has 0 spiro atoms. The molecule has 3 aromatic rings. The van der Waals surface area contributed by atoms with Crippen LogP contribution in [0.4, 0.5) is 0 Å². The third-order valence-electron chi connectivity index (χ3n) is 7.71. The molecule has 2 atom stereocenters. The molecule has 9 heteroatoms. The van der Waals surface area contributed by atoms with Gasteiger partial charge in [0.15, 0.2) is 0 Å². The van der Waals surface area contributed by atoms with E-state index in [2.05, 4.69) is 10.6 Å². The Labute approximate surface area is 245 Å². The molecule has 214 valence electrons. The summed E-state index contributed by atoms with van der Waals surface area (Å²) < 4.78 is 0. The number of rotatable bonds is 11. The van der Waals surface area contributed by atoms with Crippen molar-refractivity contribution in [2.75, 3.05) is 0 Å². The van der Waals surface area contributed by atoms with E-state index < -0.39 is 12.0 Å². The minimum absolute atomic E-state index is 0.00952. The molecule has 1 unspecified atom stereocenters. The molecule has 1 aliphatic carbocycles. The Balaban J connectivity index is 1.54. The first-order valence-corrected chi connectivity index (χ1v) is 14.3. The van der Waals surface area contributed by atoms with Crippen molar-refractivity contribution in [1.82, 2.24) is 10.6 Å². The Hall–Kier alpha value is -4.17. The van der Waals surface area contributed by atoms with Gasteiger partial charge in [0.1, 0.15) is 17.7 Å². The number of carbonyl (C=O) groups excluding carboxylic acids is 2. The number of carbonyl (C=O) groups is 2. The van der Waals surface area contributed by atoms with Crippen molar-refractivity contribution >= 4 is 35.1 Å². The van der Waals surface area contributed by atoms with E-state index in [0.29, 0.717) is 29.1 Å². The van der Waals surface area contributed by atoms with Crippen LogP contribution in [0.1, 0.15) is 65.8 Å². The molecule has 4 rings (SSSR count). The molecule has 8 N–H and O–H groups in total. The molecule has 8 nitrogen and oxygen atoms in total. The summed E-state index contributed by atoms with van der Waals surface area (Å²) in [4.78, 5) is 27.5. The lowest BCUT2D eigenvalue weighted by molar-refractivity contribution is -0.131. The smallest absolute Gasteiger partial charge is 0.243 e. The summed E-state index contributed by atoms with van der Waals surface area (Å²) in [6, 6.07) is 21.0. The number of halogens is 1. The van der Waals surface area contributed by atoms with Crippen molar-refractivity contribution in [1.29, 1.82) is 10.8 Å². The standard InChI is InChI=1S/C32H37ClN6O2/c33-26-8-4-7-25(18-26)27(17-20-9-13-23(14-10-20)29(34)35)31(40)39-28(22-5-2-1-3-6-22)32(41)38-19-21-11-15-24(16-12-21)30(36)37/h4,7-16,18,22,27-28H,1-3,5-6,17,19H2,(H3,34,35)(H3,36,37)(H,38,41)(H,39,40)/t27?,28-/m0/s1. The predicted molar refractivity (Wildman–Crippen MR) is 163 cm³/mol. The van der Waals surface area contributed by atoms with Crippen LogP contribution < -0.4 is 22.1 Å². The molecule has 2 amide bonds. The number of nitrogen functional groups attached to an aromatic ring is 2. The Morgan fingerprint density at radius 2 is 1.41 bits per heavy atom. The van der Waals surface area contributed by atoms with E-state index in [1.54, 1.807) is 36.4 Å². The van der Waals surface area contributed by atoms with E-state index in [0.717, 1.165) is 48.8 Å². The van der Waals surface area contributed by atoms with E-state index in [-0.39, 0.29) is 29.4 Å². The molecule has 3 aromatic carbocycles. The monoisotopic (exact) mass is 572 g/mol. The van der Waals surface area contributed by atoms with Crippen LogP contribution >= 0.6 is 11.6 Å². The maximum atomic E-state index is 13.9. The third kappa shape index (κ3) is 8.17. The quantitative estimate of drug-likeness (QED) is 0.146. The Bertz CT molecular complexity index is 1380. The number of hydrogen-bond acceptors (Lipinski definition) is 4. The second kappa shape index (κ2) is 13.9. The van der Waals surface area contributed by atoms with Gasteiger partial charge in [-0.3, -0.25) is 20.4 Å². The van der Waals surface area contributed by atoms with Gasteiger partial charge in [0.05, 0.1) is 5.92 Å². The van der Waals surface area contributed by atoms with Gasteiger partial charge >= 0.3 is 0 Å². The highest BCUT2D eigenvalue weighted by atomic mass is 35.5. The highest BCUT2D eigenvalue weighted by molar-refractivity contribution is 6.30. The maximum Gasteiger partial charge on any atom is 0.243 e. The van der Waals surface area contributed by atoms with Crippen LogP contribution in [0.3, 0.4) is 0 Å². The van der Waals surface area contributed by atoms with Gasteiger partial charge in [-0.1, -0.05) is 91.5 Å². The molecule has 0 radical (unpaired) electrons. The minimum Gasteiger partial charge on any atom is -0.384 e. The topological polar surface area (TPSA) is 158 Å². The van der Waals surface area contributed by atoms with Crippen molar-refractivity contribution in [2.24, 2.45) is 17.4 Å². The predicted octanol–water partition coefficient (Wildman–Crippen LogP) is 4.62. The Morgan fingerprint density at radius 3 is 1.98 bits per heavy atom. The van der Waals surface area contributed by atoms with Gasteiger partial charge in [-0.2, -0.15) is 0 Å². The summed E-state index contributed by atoms with van der Waals surface area (Å²) in [5.74, 6) is -1.00. The molecule has 0 aromatic heterocycles. The second-order valence-electron chi connectivity index (χ2n) is 10.6. The highest BCUT2D eigenvalue weighted by Crippen LogP contribution is 2.29. The first-order valence-electron chi connectivity index (χ1n) is 13.9. The molecular formula is C32H37ClN6O2. The number of nitrogens with two attached hydrogens (primary N) is 2. The van der Waals surface area contributed by atoms with Crippen molar-refractivity contribution in [2.45, 2.75) is 57.0 Å². The molecule has 1 aliphatic rings. The summed E-state index contributed by atoms with van der Waals surface area (Å²) >= 11 is 6.30. The zero-order chi connectivity index (χ0) is 29.4. The van der Waals surface area contributed by atoms with E-state index in [1.165, 1.54) is 0 Å². The normalized spacial score (nSPS) is 15.0. The molecule has 0 saturated heterocycles. The third-order valence-corrected chi connectivity index (χ3v) is 7.94. The van der Waals surface area contributed by atoms with Crippen LogP contribution in [0.15, 0.2) is 72.8 Å². The fourth-order valence-corrected chi connectivity index (χ4v) is 5.56. The maximum absolute atomic E-state index is 13.9. The first-order chi connectivity index (χ1) is 19.7. The molecular weight excluding hydrogens is 536 g/mol. The summed E-state index contributed by atoms with van der Waals surface area (Å²) in [5.41, 5.74) is 14.9.